The molecule has 7 nitrogen and oxygen atoms in total. The van der Waals surface area contributed by atoms with E-state index in [0.29, 0.717) is 5.92 Å². The summed E-state index contributed by atoms with van der Waals surface area (Å²) in [6.07, 6.45) is 6.73. The van der Waals surface area contributed by atoms with E-state index in [9.17, 15) is 0 Å². The first-order chi connectivity index (χ1) is 14.4. The molecule has 3 heterocycles. The number of aromatic nitrogens is 5. The van der Waals surface area contributed by atoms with Crippen LogP contribution >= 0.6 is 11.8 Å². The van der Waals surface area contributed by atoms with Crippen molar-refractivity contribution in [3.8, 4) is 0 Å². The zero-order valence-electron chi connectivity index (χ0n) is 18.8. The molecular formula is C22H35N7S. The van der Waals surface area contributed by atoms with Crippen LogP contribution in [0.4, 0.5) is 5.82 Å². The Kier molecular flexibility index (Phi) is 6.63. The number of hydrogen-bond donors (Lipinski definition) is 0. The molecule has 164 valence electrons. The Morgan fingerprint density at radius 3 is 2.47 bits per heavy atom. The fraction of sp³-hybridized carbons (Fsp3) is 0.727. The van der Waals surface area contributed by atoms with Gasteiger partial charge in [0.25, 0.3) is 0 Å². The quantitative estimate of drug-likeness (QED) is 0.493. The fourth-order valence-corrected chi connectivity index (χ4v) is 4.71. The molecule has 30 heavy (non-hydrogen) atoms. The first-order valence-electron chi connectivity index (χ1n) is 11.2. The minimum atomic E-state index is 0.0540. The summed E-state index contributed by atoms with van der Waals surface area (Å²) in [7, 11) is 2.00. The third-order valence-corrected chi connectivity index (χ3v) is 7.31. The smallest absolute Gasteiger partial charge is 0.190 e. The number of rotatable bonds is 7. The van der Waals surface area contributed by atoms with Gasteiger partial charge in [-0.25, -0.2) is 9.97 Å². The van der Waals surface area contributed by atoms with Crippen molar-refractivity contribution in [2.75, 3.05) is 43.4 Å². The lowest BCUT2D eigenvalue weighted by molar-refractivity contribution is 0.258. The third kappa shape index (κ3) is 5.14. The summed E-state index contributed by atoms with van der Waals surface area (Å²) in [6, 6.07) is 2.23. The summed E-state index contributed by atoms with van der Waals surface area (Å²) in [5.41, 5.74) is 1.23. The van der Waals surface area contributed by atoms with Crippen LogP contribution in [0.15, 0.2) is 17.6 Å². The minimum absolute atomic E-state index is 0.0540. The molecule has 1 saturated heterocycles. The maximum absolute atomic E-state index is 5.01. The Bertz CT molecular complexity index is 832. The Morgan fingerprint density at radius 1 is 1.10 bits per heavy atom. The molecule has 0 bridgehead atoms. The molecule has 2 aromatic heterocycles. The Hall–Kier alpha value is -1.67. The molecule has 2 aliphatic rings. The standard InChI is InChI=1S/C22H35N7S/c1-22(2,3)18-15-19(25-20(24-18)17-7-5-8-17)29-12-10-28(11-13-29)9-6-14-30-21-26-23-16-27(21)4/h15-17H,5-14H2,1-4H3. The molecule has 0 unspecified atom stereocenters. The van der Waals surface area contributed by atoms with Gasteiger partial charge in [-0.05, 0) is 25.8 Å². The second kappa shape index (κ2) is 9.22. The number of piperazine rings is 1. The Labute approximate surface area is 184 Å². The van der Waals surface area contributed by atoms with Crippen LogP contribution in [0.5, 0.6) is 0 Å². The van der Waals surface area contributed by atoms with E-state index in [0.717, 1.165) is 55.3 Å². The van der Waals surface area contributed by atoms with Gasteiger partial charge >= 0.3 is 0 Å². The van der Waals surface area contributed by atoms with Crippen LogP contribution in [0.25, 0.3) is 0 Å². The topological polar surface area (TPSA) is 63.0 Å². The molecule has 2 fully saturated rings. The lowest BCUT2D eigenvalue weighted by Crippen LogP contribution is -2.47. The van der Waals surface area contributed by atoms with E-state index in [1.54, 1.807) is 18.1 Å². The molecular weight excluding hydrogens is 394 g/mol. The van der Waals surface area contributed by atoms with Gasteiger partial charge in [-0.15, -0.1) is 10.2 Å². The molecule has 0 aromatic carbocycles. The van der Waals surface area contributed by atoms with E-state index < -0.39 is 0 Å². The number of nitrogens with zero attached hydrogens (tertiary/aromatic N) is 7. The molecule has 0 N–H and O–H groups in total. The summed E-state index contributed by atoms with van der Waals surface area (Å²) >= 11 is 1.79. The Morgan fingerprint density at radius 2 is 1.87 bits per heavy atom. The molecule has 0 spiro atoms. The maximum atomic E-state index is 5.01. The average Bonchev–Trinajstić information content (AvgIpc) is 3.08. The van der Waals surface area contributed by atoms with Gasteiger partial charge in [-0.2, -0.15) is 0 Å². The summed E-state index contributed by atoms with van der Waals surface area (Å²) < 4.78 is 1.98. The lowest BCUT2D eigenvalue weighted by atomic mass is 9.84. The van der Waals surface area contributed by atoms with Gasteiger partial charge in [0.1, 0.15) is 18.0 Å². The highest BCUT2D eigenvalue weighted by atomic mass is 32.2. The summed E-state index contributed by atoms with van der Waals surface area (Å²) in [5.74, 6) is 3.86. The van der Waals surface area contributed by atoms with E-state index in [4.69, 9.17) is 9.97 Å². The predicted octanol–water partition coefficient (Wildman–Crippen LogP) is 3.47. The molecule has 0 amide bonds. The number of aryl methyl sites for hydroxylation is 1. The van der Waals surface area contributed by atoms with Gasteiger partial charge in [-0.3, -0.25) is 4.90 Å². The first kappa shape index (κ1) is 21.6. The van der Waals surface area contributed by atoms with Crippen LogP contribution in [0, 0.1) is 0 Å². The summed E-state index contributed by atoms with van der Waals surface area (Å²) in [5, 5.41) is 9.08. The number of thioether (sulfide) groups is 1. The zero-order valence-corrected chi connectivity index (χ0v) is 19.7. The van der Waals surface area contributed by atoms with Crippen LogP contribution in [0.3, 0.4) is 0 Å². The van der Waals surface area contributed by atoms with Crippen molar-refractivity contribution in [1.29, 1.82) is 0 Å². The van der Waals surface area contributed by atoms with Crippen molar-refractivity contribution in [3.63, 3.8) is 0 Å². The van der Waals surface area contributed by atoms with Crippen LogP contribution in [0.1, 0.15) is 63.9 Å². The van der Waals surface area contributed by atoms with Crippen molar-refractivity contribution < 1.29 is 0 Å². The number of anilines is 1. The van der Waals surface area contributed by atoms with Gasteiger partial charge in [0.2, 0.25) is 0 Å². The highest BCUT2D eigenvalue weighted by Crippen LogP contribution is 2.36. The molecule has 0 atom stereocenters. The molecule has 1 aliphatic carbocycles. The van der Waals surface area contributed by atoms with Crippen molar-refractivity contribution in [2.45, 2.75) is 62.9 Å². The first-order valence-corrected chi connectivity index (χ1v) is 12.2. The predicted molar refractivity (Wildman–Crippen MR) is 122 cm³/mol. The molecule has 4 rings (SSSR count). The molecule has 2 aromatic rings. The maximum Gasteiger partial charge on any atom is 0.190 e. The zero-order chi connectivity index (χ0) is 21.1. The fourth-order valence-electron chi connectivity index (χ4n) is 3.90. The van der Waals surface area contributed by atoms with E-state index in [1.807, 2.05) is 11.6 Å². The highest BCUT2D eigenvalue weighted by molar-refractivity contribution is 7.99. The minimum Gasteiger partial charge on any atom is -0.354 e. The van der Waals surface area contributed by atoms with Gasteiger partial charge in [0, 0.05) is 56.4 Å². The monoisotopic (exact) mass is 429 g/mol. The van der Waals surface area contributed by atoms with E-state index in [-0.39, 0.29) is 5.41 Å². The van der Waals surface area contributed by atoms with Crippen molar-refractivity contribution in [3.05, 3.63) is 23.9 Å². The van der Waals surface area contributed by atoms with Gasteiger partial charge < -0.3 is 9.47 Å². The van der Waals surface area contributed by atoms with Crippen molar-refractivity contribution in [1.82, 2.24) is 29.6 Å². The van der Waals surface area contributed by atoms with E-state index >= 15 is 0 Å². The molecule has 1 saturated carbocycles. The van der Waals surface area contributed by atoms with Gasteiger partial charge in [0.05, 0.1) is 5.69 Å². The van der Waals surface area contributed by atoms with E-state index in [2.05, 4.69) is 46.8 Å². The highest BCUT2D eigenvalue weighted by Gasteiger charge is 2.27. The largest absolute Gasteiger partial charge is 0.354 e. The van der Waals surface area contributed by atoms with Crippen molar-refractivity contribution >= 4 is 17.6 Å². The normalized spacial score (nSPS) is 18.6. The van der Waals surface area contributed by atoms with Crippen LogP contribution in [-0.2, 0) is 12.5 Å². The second-order valence-corrected chi connectivity index (χ2v) is 10.7. The SMILES string of the molecule is Cn1cnnc1SCCCN1CCN(c2cc(C(C)(C)C)nc(C3CCC3)n2)CC1. The molecule has 8 heteroatoms. The average molecular weight is 430 g/mol. The number of hydrogen-bond acceptors (Lipinski definition) is 7. The van der Waals surface area contributed by atoms with Gasteiger partial charge in [0.15, 0.2) is 5.16 Å². The van der Waals surface area contributed by atoms with Crippen LogP contribution < -0.4 is 4.90 Å². The second-order valence-electron chi connectivity index (χ2n) is 9.60. The summed E-state index contributed by atoms with van der Waals surface area (Å²) in [6.45, 7) is 12.2. The van der Waals surface area contributed by atoms with Crippen LogP contribution in [-0.4, -0.2) is 68.1 Å². The summed E-state index contributed by atoms with van der Waals surface area (Å²) in [4.78, 5) is 15.0. The van der Waals surface area contributed by atoms with E-state index in [1.165, 1.54) is 31.4 Å². The Balaban J connectivity index is 1.30. The van der Waals surface area contributed by atoms with Gasteiger partial charge in [-0.1, -0.05) is 39.0 Å². The molecule has 0 radical (unpaired) electrons. The van der Waals surface area contributed by atoms with Crippen molar-refractivity contribution in [2.24, 2.45) is 7.05 Å². The molecule has 1 aliphatic heterocycles. The van der Waals surface area contributed by atoms with Crippen LogP contribution in [0.2, 0.25) is 0 Å². The third-order valence-electron chi connectivity index (χ3n) is 6.18. The lowest BCUT2D eigenvalue weighted by Gasteiger charge is -2.36.